The summed E-state index contributed by atoms with van der Waals surface area (Å²) in [6.45, 7) is 3.68. The second-order valence-electron chi connectivity index (χ2n) is 7.16. The molecule has 0 saturated carbocycles. The van der Waals surface area contributed by atoms with E-state index >= 15 is 0 Å². The lowest BCUT2D eigenvalue weighted by atomic mass is 10.1. The van der Waals surface area contributed by atoms with Crippen molar-refractivity contribution in [2.75, 3.05) is 25.6 Å². The smallest absolute Gasteiger partial charge is 0.347 e. The van der Waals surface area contributed by atoms with Gasteiger partial charge >= 0.3 is 5.97 Å². The van der Waals surface area contributed by atoms with Gasteiger partial charge in [-0.1, -0.05) is 42.0 Å². The number of Topliss-reactive ketones (excluding diaryl/α,β-unsaturated/α-hetero) is 1. The number of hydrogen-bond acceptors (Lipinski definition) is 6. The second-order valence-corrected chi connectivity index (χ2v) is 7.16. The molecule has 0 bridgehead atoms. The zero-order valence-corrected chi connectivity index (χ0v) is 17.2. The third-order valence-electron chi connectivity index (χ3n) is 4.75. The number of amides is 1. The Balaban J connectivity index is 1.61. The van der Waals surface area contributed by atoms with Crippen molar-refractivity contribution in [3.05, 3.63) is 76.7 Å². The highest BCUT2D eigenvalue weighted by molar-refractivity contribution is 6.20. The van der Waals surface area contributed by atoms with Crippen LogP contribution in [0.4, 0.5) is 5.69 Å². The predicted octanol–water partition coefficient (Wildman–Crippen LogP) is 2.73. The molecule has 7 heteroatoms. The minimum atomic E-state index is -0.885. The number of carbonyl (C=O) groups excluding carboxylic acids is 3. The number of nitrogens with one attached hydrogen (secondary N) is 1. The van der Waals surface area contributed by atoms with E-state index in [1.54, 1.807) is 19.2 Å². The van der Waals surface area contributed by atoms with Crippen molar-refractivity contribution in [1.82, 2.24) is 4.90 Å². The highest BCUT2D eigenvalue weighted by Crippen LogP contribution is 2.20. The molecule has 0 fully saturated rings. The molecule has 0 aliphatic carbocycles. The number of ether oxygens (including phenoxy) is 2. The van der Waals surface area contributed by atoms with Crippen molar-refractivity contribution in [3.63, 3.8) is 0 Å². The van der Waals surface area contributed by atoms with Gasteiger partial charge < -0.3 is 19.7 Å². The molecule has 0 radical (unpaired) electrons. The molecule has 0 spiro atoms. The third kappa shape index (κ3) is 5.05. The molecule has 0 atom stereocenters. The number of hydrogen-bond donors (Lipinski definition) is 1. The van der Waals surface area contributed by atoms with E-state index in [0.29, 0.717) is 12.2 Å². The maximum absolute atomic E-state index is 12.4. The monoisotopic (exact) mass is 408 g/mol. The first-order chi connectivity index (χ1) is 14.3. The number of para-hydroxylation sites is 1. The van der Waals surface area contributed by atoms with Crippen LogP contribution in [0.25, 0.3) is 0 Å². The summed E-state index contributed by atoms with van der Waals surface area (Å²) in [6.07, 6.45) is 0. The van der Waals surface area contributed by atoms with Gasteiger partial charge in [0, 0.05) is 19.3 Å². The normalized spacial score (nSPS) is 13.1. The first-order valence-corrected chi connectivity index (χ1v) is 9.54. The molecular formula is C23H24N2O5. The van der Waals surface area contributed by atoms with Gasteiger partial charge in [0.2, 0.25) is 11.7 Å². The minimum Gasteiger partial charge on any atom is -0.470 e. The summed E-state index contributed by atoms with van der Waals surface area (Å²) >= 11 is 0. The van der Waals surface area contributed by atoms with Crippen LogP contribution in [0.1, 0.15) is 16.7 Å². The molecule has 1 aliphatic rings. The number of carbonyl (C=O) groups is 3. The van der Waals surface area contributed by atoms with Gasteiger partial charge in [-0.05, 0) is 37.1 Å². The highest BCUT2D eigenvalue weighted by atomic mass is 16.5. The Morgan fingerprint density at radius 3 is 2.57 bits per heavy atom. The average molecular weight is 408 g/mol. The molecule has 156 valence electrons. The van der Waals surface area contributed by atoms with Gasteiger partial charge in [-0.3, -0.25) is 9.59 Å². The van der Waals surface area contributed by atoms with Crippen LogP contribution in [0.15, 0.2) is 60.0 Å². The Bertz CT molecular complexity index is 998. The van der Waals surface area contributed by atoms with Gasteiger partial charge in [-0.25, -0.2) is 4.79 Å². The zero-order valence-electron chi connectivity index (χ0n) is 17.2. The first-order valence-electron chi connectivity index (χ1n) is 9.54. The quantitative estimate of drug-likeness (QED) is 0.560. The second kappa shape index (κ2) is 9.26. The number of rotatable bonds is 7. The molecule has 30 heavy (non-hydrogen) atoms. The Kier molecular flexibility index (Phi) is 6.51. The fraction of sp³-hybridized carbons (Fsp3) is 0.261. The molecule has 7 nitrogen and oxygen atoms in total. The number of nitrogens with zero attached hydrogens (tertiary/aromatic N) is 1. The molecule has 0 aromatic heterocycles. The van der Waals surface area contributed by atoms with Gasteiger partial charge in [0.15, 0.2) is 18.8 Å². The molecule has 2 aromatic carbocycles. The summed E-state index contributed by atoms with van der Waals surface area (Å²) in [5, 5.41) is 2.90. The number of esters is 1. The van der Waals surface area contributed by atoms with Gasteiger partial charge in [-0.15, -0.1) is 0 Å². The lowest BCUT2D eigenvalue weighted by molar-refractivity contribution is -0.149. The van der Waals surface area contributed by atoms with E-state index in [-0.39, 0.29) is 24.0 Å². The maximum Gasteiger partial charge on any atom is 0.347 e. The van der Waals surface area contributed by atoms with Gasteiger partial charge in [0.05, 0.1) is 0 Å². The van der Waals surface area contributed by atoms with Gasteiger partial charge in [0.1, 0.15) is 0 Å². The minimum absolute atomic E-state index is 0.0345. The number of aryl methyl sites for hydroxylation is 2. The molecule has 0 saturated heterocycles. The first kappa shape index (κ1) is 21.1. The van der Waals surface area contributed by atoms with Crippen molar-refractivity contribution in [2.24, 2.45) is 0 Å². The highest BCUT2D eigenvalue weighted by Gasteiger charge is 2.33. The van der Waals surface area contributed by atoms with E-state index in [9.17, 15) is 14.4 Å². The van der Waals surface area contributed by atoms with Crippen LogP contribution in [-0.2, 0) is 30.4 Å². The Hall–Kier alpha value is -3.61. The van der Waals surface area contributed by atoms with E-state index in [4.69, 9.17) is 9.47 Å². The molecule has 0 unspecified atom stereocenters. The Morgan fingerprint density at radius 2 is 1.87 bits per heavy atom. The lowest BCUT2D eigenvalue weighted by Gasteiger charge is -2.18. The number of anilines is 1. The van der Waals surface area contributed by atoms with Crippen LogP contribution in [0.3, 0.4) is 0 Å². The van der Waals surface area contributed by atoms with Gasteiger partial charge in [0.25, 0.3) is 5.91 Å². The summed E-state index contributed by atoms with van der Waals surface area (Å²) in [5.74, 6) is -1.71. The summed E-state index contributed by atoms with van der Waals surface area (Å²) in [4.78, 5) is 38.4. The standard InChI is InChI=1S/C23H24N2O5/c1-15-9-10-17(16(2)11-15)12-25(3)20(27)14-30-23(28)21-19(26)13-29-22(21)24-18-7-5-4-6-8-18/h4-11,24H,12-14H2,1-3H3. The van der Waals surface area contributed by atoms with E-state index in [0.717, 1.165) is 16.7 Å². The van der Waals surface area contributed by atoms with Crippen LogP contribution in [0.5, 0.6) is 0 Å². The van der Waals surface area contributed by atoms with E-state index < -0.39 is 18.4 Å². The summed E-state index contributed by atoms with van der Waals surface area (Å²) < 4.78 is 10.4. The fourth-order valence-corrected chi connectivity index (χ4v) is 3.04. The Labute approximate surface area is 175 Å². The Morgan fingerprint density at radius 1 is 1.13 bits per heavy atom. The van der Waals surface area contributed by atoms with E-state index in [1.807, 2.05) is 50.2 Å². The fourth-order valence-electron chi connectivity index (χ4n) is 3.04. The molecule has 2 aromatic rings. The van der Waals surface area contributed by atoms with Gasteiger partial charge in [-0.2, -0.15) is 0 Å². The van der Waals surface area contributed by atoms with Crippen LogP contribution >= 0.6 is 0 Å². The zero-order chi connectivity index (χ0) is 21.7. The molecule has 1 N–H and O–H groups in total. The number of benzene rings is 2. The van der Waals surface area contributed by atoms with Crippen molar-refractivity contribution in [3.8, 4) is 0 Å². The summed E-state index contributed by atoms with van der Waals surface area (Å²) in [7, 11) is 1.64. The summed E-state index contributed by atoms with van der Waals surface area (Å²) in [5.41, 5.74) is 3.69. The van der Waals surface area contributed by atoms with Crippen LogP contribution in [0, 0.1) is 13.8 Å². The van der Waals surface area contributed by atoms with E-state index in [1.165, 1.54) is 4.90 Å². The lowest BCUT2D eigenvalue weighted by Crippen LogP contribution is -2.31. The predicted molar refractivity (Wildman–Crippen MR) is 111 cm³/mol. The van der Waals surface area contributed by atoms with Crippen molar-refractivity contribution < 1.29 is 23.9 Å². The third-order valence-corrected chi connectivity index (χ3v) is 4.75. The van der Waals surface area contributed by atoms with Crippen molar-refractivity contribution in [2.45, 2.75) is 20.4 Å². The largest absolute Gasteiger partial charge is 0.470 e. The van der Waals surface area contributed by atoms with Crippen LogP contribution in [-0.4, -0.2) is 42.8 Å². The van der Waals surface area contributed by atoms with Crippen molar-refractivity contribution >= 4 is 23.3 Å². The SMILES string of the molecule is Cc1ccc(CN(C)C(=O)COC(=O)C2=C(Nc3ccccc3)OCC2=O)c(C)c1. The number of likely N-dealkylation sites (N-methyl/N-ethyl adjacent to an activating group) is 1. The molecule has 1 aliphatic heterocycles. The molecule has 3 rings (SSSR count). The molecule has 1 amide bonds. The topological polar surface area (TPSA) is 84.9 Å². The number of ketones is 1. The maximum atomic E-state index is 12.4. The van der Waals surface area contributed by atoms with Crippen molar-refractivity contribution in [1.29, 1.82) is 0 Å². The molecular weight excluding hydrogens is 384 g/mol. The molecule has 1 heterocycles. The van der Waals surface area contributed by atoms with Crippen LogP contribution in [0.2, 0.25) is 0 Å². The average Bonchev–Trinajstić information content (AvgIpc) is 3.08. The summed E-state index contributed by atoms with van der Waals surface area (Å²) in [6, 6.07) is 15.0. The van der Waals surface area contributed by atoms with E-state index in [2.05, 4.69) is 5.32 Å². The van der Waals surface area contributed by atoms with Crippen LogP contribution < -0.4 is 5.32 Å².